The quantitative estimate of drug-likeness (QED) is 0.198. The Bertz CT molecular complexity index is 1860. The van der Waals surface area contributed by atoms with Crippen LogP contribution in [0.1, 0.15) is 5.56 Å². The third-order valence-electron chi connectivity index (χ3n) is 6.43. The van der Waals surface area contributed by atoms with E-state index in [2.05, 4.69) is 63.3 Å². The third-order valence-corrected chi connectivity index (χ3v) is 6.43. The first-order valence-corrected chi connectivity index (χ1v) is 11.5. The fourth-order valence-electron chi connectivity index (χ4n) is 4.87. The second-order valence-electron chi connectivity index (χ2n) is 8.54. The predicted molar refractivity (Wildman–Crippen MR) is 144 cm³/mol. The van der Waals surface area contributed by atoms with Gasteiger partial charge >= 0.3 is 0 Å². The summed E-state index contributed by atoms with van der Waals surface area (Å²) in [6.07, 6.45) is 6.80. The largest absolute Gasteiger partial charge is 0.276 e. The molecule has 36 heavy (non-hydrogen) atoms. The Morgan fingerprint density at radius 1 is 0.583 bits per heavy atom. The van der Waals surface area contributed by atoms with Gasteiger partial charge in [-0.3, -0.25) is 9.97 Å². The van der Waals surface area contributed by atoms with Crippen LogP contribution in [0, 0.1) is 17.9 Å². The molecule has 0 unspecified atom stereocenters. The zero-order valence-corrected chi connectivity index (χ0v) is 19.2. The third kappa shape index (κ3) is 3.55. The maximum absolute atomic E-state index is 9.55. The van der Waals surface area contributed by atoms with Gasteiger partial charge in [0.05, 0.1) is 12.1 Å². The van der Waals surface area contributed by atoms with Crippen LogP contribution in [0.5, 0.6) is 0 Å². The summed E-state index contributed by atoms with van der Waals surface area (Å²) >= 11 is 0. The number of nitrogens with zero attached hydrogens (tertiary/aromatic N) is 4. The number of pyridine rings is 2. The van der Waals surface area contributed by atoms with Gasteiger partial charge in [0.1, 0.15) is 6.07 Å². The molecule has 0 aliphatic rings. The van der Waals surface area contributed by atoms with Gasteiger partial charge in [0, 0.05) is 30.4 Å². The molecule has 4 nitrogen and oxygen atoms in total. The first-order valence-electron chi connectivity index (χ1n) is 11.5. The highest BCUT2D eigenvalue weighted by Crippen LogP contribution is 2.45. The molecule has 0 aliphatic heterocycles. The molecule has 4 heteroatoms. The van der Waals surface area contributed by atoms with Gasteiger partial charge in [0.2, 0.25) is 5.69 Å². The molecular formula is C32H18N4. The molecule has 0 saturated carbocycles. The molecule has 2 heterocycles. The van der Waals surface area contributed by atoms with E-state index in [9.17, 15) is 5.26 Å². The monoisotopic (exact) mass is 458 g/mol. The zero-order chi connectivity index (χ0) is 24.5. The van der Waals surface area contributed by atoms with Crippen LogP contribution < -0.4 is 0 Å². The normalized spacial score (nSPS) is 10.7. The SMILES string of the molecule is [C-]#[N+]c1cncc(-c2c3ccccc3c(-c3cncc(C#N)c3)c3cc(-c4ccccc4)ccc23)c1. The highest BCUT2D eigenvalue weighted by Gasteiger charge is 2.18. The van der Waals surface area contributed by atoms with Crippen LogP contribution in [0.25, 0.3) is 59.8 Å². The smallest absolute Gasteiger partial charge is 0.205 e. The second kappa shape index (κ2) is 8.80. The van der Waals surface area contributed by atoms with Crippen LogP contribution in [-0.2, 0) is 0 Å². The van der Waals surface area contributed by atoms with Crippen LogP contribution in [0.3, 0.4) is 0 Å². The van der Waals surface area contributed by atoms with E-state index in [4.69, 9.17) is 6.57 Å². The van der Waals surface area contributed by atoms with Crippen molar-refractivity contribution in [2.75, 3.05) is 0 Å². The van der Waals surface area contributed by atoms with Crippen molar-refractivity contribution in [2.45, 2.75) is 0 Å². The van der Waals surface area contributed by atoms with E-state index in [1.807, 2.05) is 54.9 Å². The molecule has 0 N–H and O–H groups in total. The Balaban J connectivity index is 1.79. The molecule has 4 aromatic carbocycles. The molecule has 0 atom stereocenters. The van der Waals surface area contributed by atoms with E-state index in [0.29, 0.717) is 11.3 Å². The Morgan fingerprint density at radius 3 is 1.94 bits per heavy atom. The van der Waals surface area contributed by atoms with Crippen molar-refractivity contribution in [3.05, 3.63) is 127 Å². The number of benzene rings is 4. The van der Waals surface area contributed by atoms with Crippen molar-refractivity contribution in [3.8, 4) is 39.4 Å². The summed E-state index contributed by atoms with van der Waals surface area (Å²) in [5.41, 5.74) is 7.09. The number of fused-ring (bicyclic) bond motifs is 2. The molecule has 6 rings (SSSR count). The van der Waals surface area contributed by atoms with Gasteiger partial charge in [-0.2, -0.15) is 5.26 Å². The average molecular weight is 459 g/mol. The molecule has 6 aromatic rings. The Morgan fingerprint density at radius 2 is 1.22 bits per heavy atom. The van der Waals surface area contributed by atoms with Crippen molar-refractivity contribution in [1.82, 2.24) is 9.97 Å². The fraction of sp³-hybridized carbons (Fsp3) is 0. The lowest BCUT2D eigenvalue weighted by atomic mass is 9.85. The van der Waals surface area contributed by atoms with E-state index in [-0.39, 0.29) is 0 Å². The molecule has 166 valence electrons. The molecule has 0 bridgehead atoms. The summed E-state index contributed by atoms with van der Waals surface area (Å²) in [7, 11) is 0. The summed E-state index contributed by atoms with van der Waals surface area (Å²) in [5, 5.41) is 13.8. The Hall–Kier alpha value is -5.32. The highest BCUT2D eigenvalue weighted by atomic mass is 14.7. The summed E-state index contributed by atoms with van der Waals surface area (Å²) in [6, 6.07) is 31.0. The molecule has 0 saturated heterocycles. The van der Waals surface area contributed by atoms with Gasteiger partial charge in [0.25, 0.3) is 0 Å². The lowest BCUT2D eigenvalue weighted by molar-refractivity contribution is 1.31. The standard InChI is InChI=1S/C32H18N4/c1-34-26-14-25(19-36-20-26)31-27-9-5-6-10-28(27)32(24-13-21(16-33)17-35-18-24)30-15-23(11-12-29(30)31)22-7-3-2-4-8-22/h2-15,17-20H. The lowest BCUT2D eigenvalue weighted by Crippen LogP contribution is -1.93. The summed E-state index contributed by atoms with van der Waals surface area (Å²) in [6.45, 7) is 7.49. The van der Waals surface area contributed by atoms with Gasteiger partial charge in [0.15, 0.2) is 0 Å². The Labute approximate surface area is 208 Å². The van der Waals surface area contributed by atoms with Crippen LogP contribution in [0.15, 0.2) is 110 Å². The number of nitriles is 1. The molecule has 2 aromatic heterocycles. The first-order chi connectivity index (χ1) is 17.8. The average Bonchev–Trinajstić information content (AvgIpc) is 2.96. The van der Waals surface area contributed by atoms with Gasteiger partial charge in [-0.25, -0.2) is 4.85 Å². The molecule has 0 aliphatic carbocycles. The minimum Gasteiger partial charge on any atom is -0.276 e. The molecule has 0 amide bonds. The molecule has 0 spiro atoms. The van der Waals surface area contributed by atoms with E-state index < -0.39 is 0 Å². The van der Waals surface area contributed by atoms with Crippen molar-refractivity contribution in [1.29, 1.82) is 5.26 Å². The summed E-state index contributed by atoms with van der Waals surface area (Å²) in [4.78, 5) is 12.3. The van der Waals surface area contributed by atoms with Crippen molar-refractivity contribution < 1.29 is 0 Å². The van der Waals surface area contributed by atoms with Crippen molar-refractivity contribution in [2.24, 2.45) is 0 Å². The molecular weight excluding hydrogens is 440 g/mol. The number of hydrogen-bond acceptors (Lipinski definition) is 3. The number of hydrogen-bond donors (Lipinski definition) is 0. The topological polar surface area (TPSA) is 53.9 Å². The van der Waals surface area contributed by atoms with Gasteiger partial charge in [-0.05, 0) is 67.6 Å². The summed E-state index contributed by atoms with van der Waals surface area (Å²) < 4.78 is 0. The van der Waals surface area contributed by atoms with E-state index in [1.54, 1.807) is 12.4 Å². The zero-order valence-electron chi connectivity index (χ0n) is 19.2. The van der Waals surface area contributed by atoms with Crippen molar-refractivity contribution in [3.63, 3.8) is 0 Å². The molecule has 0 radical (unpaired) electrons. The minimum absolute atomic E-state index is 0.501. The predicted octanol–water partition coefficient (Wildman–Crippen LogP) is 8.21. The van der Waals surface area contributed by atoms with Crippen molar-refractivity contribution >= 4 is 27.2 Å². The lowest BCUT2D eigenvalue weighted by Gasteiger charge is -2.18. The van der Waals surface area contributed by atoms with E-state index >= 15 is 0 Å². The van der Waals surface area contributed by atoms with Crippen LogP contribution >= 0.6 is 0 Å². The maximum atomic E-state index is 9.55. The number of aromatic nitrogens is 2. The van der Waals surface area contributed by atoms with Gasteiger partial charge in [-0.15, -0.1) is 0 Å². The maximum Gasteiger partial charge on any atom is 0.205 e. The van der Waals surface area contributed by atoms with Crippen LogP contribution in [0.4, 0.5) is 5.69 Å². The van der Waals surface area contributed by atoms with Gasteiger partial charge in [-0.1, -0.05) is 66.7 Å². The van der Waals surface area contributed by atoms with Gasteiger partial charge < -0.3 is 0 Å². The summed E-state index contributed by atoms with van der Waals surface area (Å²) in [5.74, 6) is 0. The van der Waals surface area contributed by atoms with E-state index in [0.717, 1.165) is 54.9 Å². The Kier molecular flexibility index (Phi) is 5.19. The first kappa shape index (κ1) is 21.2. The fourth-order valence-corrected chi connectivity index (χ4v) is 4.87. The second-order valence-corrected chi connectivity index (χ2v) is 8.54. The molecule has 0 fully saturated rings. The van der Waals surface area contributed by atoms with Crippen LogP contribution in [-0.4, -0.2) is 9.97 Å². The number of rotatable bonds is 3. The highest BCUT2D eigenvalue weighted by molar-refractivity contribution is 6.22. The van der Waals surface area contributed by atoms with E-state index in [1.165, 1.54) is 0 Å². The minimum atomic E-state index is 0.501. The van der Waals surface area contributed by atoms with Crippen LogP contribution in [0.2, 0.25) is 0 Å².